The first-order valence-electron chi connectivity index (χ1n) is 10.6. The van der Waals surface area contributed by atoms with Crippen LogP contribution in [0.4, 0.5) is 0 Å². The lowest BCUT2D eigenvalue weighted by Gasteiger charge is -2.20. The zero-order valence-corrected chi connectivity index (χ0v) is 19.9. The molecule has 1 heteroatoms. The third-order valence-electron chi connectivity index (χ3n) is 5.48. The fourth-order valence-corrected chi connectivity index (χ4v) is 5.49. The third-order valence-corrected chi connectivity index (χ3v) is 7.71. The SMILES string of the molecule is CCc1ccc([S+](c2ccc(C(C)(C)C)cc2)c2ccc(C(C)(C)C)cc2)cc1. The molecule has 0 aliphatic heterocycles. The summed E-state index contributed by atoms with van der Waals surface area (Å²) in [7, 11) is -0.0950. The van der Waals surface area contributed by atoms with Crippen molar-refractivity contribution in [3.63, 3.8) is 0 Å². The van der Waals surface area contributed by atoms with Crippen LogP contribution in [-0.2, 0) is 28.1 Å². The Morgan fingerprint density at radius 2 is 0.828 bits per heavy atom. The van der Waals surface area contributed by atoms with Gasteiger partial charge >= 0.3 is 0 Å². The minimum Gasteiger partial charge on any atom is -0.0613 e. The van der Waals surface area contributed by atoms with Crippen LogP contribution in [0.5, 0.6) is 0 Å². The summed E-state index contributed by atoms with van der Waals surface area (Å²) in [5.41, 5.74) is 4.51. The molecule has 152 valence electrons. The highest BCUT2D eigenvalue weighted by Gasteiger charge is 2.29. The van der Waals surface area contributed by atoms with Crippen LogP contribution in [0.3, 0.4) is 0 Å². The lowest BCUT2D eigenvalue weighted by molar-refractivity contribution is 0.589. The Morgan fingerprint density at radius 1 is 0.517 bits per heavy atom. The molecule has 0 heterocycles. The summed E-state index contributed by atoms with van der Waals surface area (Å²) in [6, 6.07) is 27.7. The summed E-state index contributed by atoms with van der Waals surface area (Å²) in [5.74, 6) is 0. The second-order valence-corrected chi connectivity index (χ2v) is 11.9. The number of hydrogen-bond donors (Lipinski definition) is 0. The molecule has 3 aromatic carbocycles. The molecule has 0 atom stereocenters. The molecule has 0 nitrogen and oxygen atoms in total. The summed E-state index contributed by atoms with van der Waals surface area (Å²) in [6.07, 6.45) is 1.08. The van der Waals surface area contributed by atoms with Crippen molar-refractivity contribution in [2.75, 3.05) is 0 Å². The summed E-state index contributed by atoms with van der Waals surface area (Å²) in [4.78, 5) is 4.14. The van der Waals surface area contributed by atoms with E-state index in [0.717, 1.165) is 6.42 Å². The second-order valence-electron chi connectivity index (χ2n) is 9.85. The van der Waals surface area contributed by atoms with Crippen molar-refractivity contribution >= 4 is 10.9 Å². The molecule has 0 radical (unpaired) electrons. The van der Waals surface area contributed by atoms with Crippen LogP contribution in [0.1, 0.15) is 65.2 Å². The van der Waals surface area contributed by atoms with Gasteiger partial charge in [-0.05, 0) is 70.3 Å². The Morgan fingerprint density at radius 3 is 1.10 bits per heavy atom. The van der Waals surface area contributed by atoms with E-state index in [1.54, 1.807) is 0 Å². The summed E-state index contributed by atoms with van der Waals surface area (Å²) >= 11 is 0. The van der Waals surface area contributed by atoms with Gasteiger partial charge in [-0.25, -0.2) is 0 Å². The predicted molar refractivity (Wildman–Crippen MR) is 128 cm³/mol. The maximum Gasteiger partial charge on any atom is 0.166 e. The largest absolute Gasteiger partial charge is 0.166 e. The molecule has 29 heavy (non-hydrogen) atoms. The first-order valence-corrected chi connectivity index (χ1v) is 11.9. The van der Waals surface area contributed by atoms with Gasteiger partial charge in [0.2, 0.25) is 0 Å². The van der Waals surface area contributed by atoms with E-state index in [1.165, 1.54) is 31.4 Å². The Balaban J connectivity index is 2.06. The zero-order chi connectivity index (χ0) is 21.2. The molecule has 0 aliphatic rings. The van der Waals surface area contributed by atoms with Crippen LogP contribution in [0, 0.1) is 0 Å². The molecule has 0 unspecified atom stereocenters. The summed E-state index contributed by atoms with van der Waals surface area (Å²) in [5, 5.41) is 0. The van der Waals surface area contributed by atoms with Crippen LogP contribution in [0.2, 0.25) is 0 Å². The zero-order valence-electron chi connectivity index (χ0n) is 19.0. The van der Waals surface area contributed by atoms with Gasteiger partial charge in [-0.15, -0.1) is 0 Å². The molecule has 0 amide bonds. The minimum absolute atomic E-state index is 0.0950. The number of aryl methyl sites for hydroxylation is 1. The van der Waals surface area contributed by atoms with Crippen LogP contribution in [-0.4, -0.2) is 0 Å². The molecule has 0 aromatic heterocycles. The standard InChI is InChI=1S/C28H35S/c1-8-21-9-15-24(16-10-21)29(25-17-11-22(12-18-25)27(2,3)4)26-19-13-23(14-20-26)28(5,6)7/h9-20H,8H2,1-7H3/q+1. The summed E-state index contributed by atoms with van der Waals surface area (Å²) < 4.78 is 0. The van der Waals surface area contributed by atoms with Crippen molar-refractivity contribution in [2.24, 2.45) is 0 Å². The average Bonchev–Trinajstić information content (AvgIpc) is 2.68. The van der Waals surface area contributed by atoms with Gasteiger partial charge in [-0.1, -0.05) is 84.9 Å². The minimum atomic E-state index is -0.0950. The van der Waals surface area contributed by atoms with Gasteiger partial charge in [-0.2, -0.15) is 0 Å². The Labute approximate surface area is 180 Å². The van der Waals surface area contributed by atoms with Crippen LogP contribution in [0.25, 0.3) is 0 Å². The Bertz CT molecular complexity index is 861. The molecule has 0 fully saturated rings. The van der Waals surface area contributed by atoms with Crippen molar-refractivity contribution < 1.29 is 0 Å². The molecule has 0 saturated heterocycles. The van der Waals surface area contributed by atoms with Crippen molar-refractivity contribution in [3.05, 3.63) is 89.5 Å². The van der Waals surface area contributed by atoms with Gasteiger partial charge < -0.3 is 0 Å². The Kier molecular flexibility index (Phi) is 6.29. The van der Waals surface area contributed by atoms with Gasteiger partial charge in [0.15, 0.2) is 14.7 Å². The molecule has 3 aromatic rings. The number of benzene rings is 3. The van der Waals surface area contributed by atoms with Crippen molar-refractivity contribution in [1.82, 2.24) is 0 Å². The van der Waals surface area contributed by atoms with Gasteiger partial charge in [0.05, 0.1) is 10.9 Å². The van der Waals surface area contributed by atoms with Crippen molar-refractivity contribution in [2.45, 2.75) is 80.4 Å². The Hall–Kier alpha value is -1.99. The fourth-order valence-electron chi connectivity index (χ4n) is 3.45. The van der Waals surface area contributed by atoms with Crippen LogP contribution < -0.4 is 0 Å². The van der Waals surface area contributed by atoms with E-state index >= 15 is 0 Å². The molecular weight excluding hydrogens is 368 g/mol. The lowest BCUT2D eigenvalue weighted by atomic mass is 9.87. The highest BCUT2D eigenvalue weighted by Crippen LogP contribution is 2.34. The third kappa shape index (κ3) is 5.14. The van der Waals surface area contributed by atoms with Gasteiger partial charge in [0.1, 0.15) is 0 Å². The van der Waals surface area contributed by atoms with Gasteiger partial charge in [-0.3, -0.25) is 0 Å². The van der Waals surface area contributed by atoms with E-state index in [4.69, 9.17) is 0 Å². The number of hydrogen-bond acceptors (Lipinski definition) is 0. The second kappa shape index (κ2) is 8.40. The average molecular weight is 404 g/mol. The molecule has 0 N–H and O–H groups in total. The van der Waals surface area contributed by atoms with E-state index in [2.05, 4.69) is 121 Å². The molecule has 3 rings (SSSR count). The van der Waals surface area contributed by atoms with E-state index in [9.17, 15) is 0 Å². The fraction of sp³-hybridized carbons (Fsp3) is 0.357. The van der Waals surface area contributed by atoms with Gasteiger partial charge in [0, 0.05) is 0 Å². The highest BCUT2D eigenvalue weighted by atomic mass is 32.2. The summed E-state index contributed by atoms with van der Waals surface area (Å²) in [6.45, 7) is 15.9. The van der Waals surface area contributed by atoms with Crippen LogP contribution >= 0.6 is 0 Å². The topological polar surface area (TPSA) is 0 Å². The first-order chi connectivity index (χ1) is 13.6. The van der Waals surface area contributed by atoms with E-state index in [1.807, 2.05) is 0 Å². The molecular formula is C28H35S+. The monoisotopic (exact) mass is 403 g/mol. The maximum atomic E-state index is 2.33. The maximum absolute atomic E-state index is 2.33. The first kappa shape index (κ1) is 21.7. The van der Waals surface area contributed by atoms with Crippen LogP contribution in [0.15, 0.2) is 87.5 Å². The predicted octanol–water partition coefficient (Wildman–Crippen LogP) is 7.94. The molecule has 0 bridgehead atoms. The molecule has 0 spiro atoms. The molecule has 0 aliphatic carbocycles. The van der Waals surface area contributed by atoms with E-state index < -0.39 is 0 Å². The van der Waals surface area contributed by atoms with E-state index in [-0.39, 0.29) is 21.7 Å². The highest BCUT2D eigenvalue weighted by molar-refractivity contribution is 7.97. The number of rotatable bonds is 4. The van der Waals surface area contributed by atoms with E-state index in [0.29, 0.717) is 0 Å². The van der Waals surface area contributed by atoms with Gasteiger partial charge in [0.25, 0.3) is 0 Å². The normalized spacial score (nSPS) is 12.4. The van der Waals surface area contributed by atoms with Crippen molar-refractivity contribution in [3.8, 4) is 0 Å². The lowest BCUT2D eigenvalue weighted by Crippen LogP contribution is -2.13. The smallest absolute Gasteiger partial charge is 0.0613 e. The van der Waals surface area contributed by atoms with Crippen molar-refractivity contribution in [1.29, 1.82) is 0 Å². The quantitative estimate of drug-likeness (QED) is 0.388. The molecule has 0 saturated carbocycles.